The van der Waals surface area contributed by atoms with Gasteiger partial charge in [-0.15, -0.1) is 0 Å². The highest BCUT2D eigenvalue weighted by atomic mass is 28.4. The summed E-state index contributed by atoms with van der Waals surface area (Å²) in [7, 11) is -4.43. The van der Waals surface area contributed by atoms with Crippen LogP contribution in [0.1, 0.15) is 123 Å². The lowest BCUT2D eigenvalue weighted by molar-refractivity contribution is -0.152. The van der Waals surface area contributed by atoms with Crippen LogP contribution in [0, 0.1) is 23.7 Å². The summed E-state index contributed by atoms with van der Waals surface area (Å²) in [6, 6.07) is 22.4. The van der Waals surface area contributed by atoms with Crippen LogP contribution in [-0.4, -0.2) is 39.0 Å². The van der Waals surface area contributed by atoms with E-state index in [0.717, 1.165) is 47.9 Å². The van der Waals surface area contributed by atoms with Crippen LogP contribution in [0.5, 0.6) is 17.2 Å². The van der Waals surface area contributed by atoms with Crippen molar-refractivity contribution >= 4 is 16.6 Å². The number of aliphatic hydroxyl groups is 1. The highest BCUT2D eigenvalue weighted by molar-refractivity contribution is 6.75. The van der Waals surface area contributed by atoms with Crippen molar-refractivity contribution in [3.8, 4) is 17.2 Å². The molecule has 1 saturated heterocycles. The number of hydrogen-bond donors (Lipinski definition) is 1. The Kier molecular flexibility index (Phi) is 11.2. The van der Waals surface area contributed by atoms with Crippen LogP contribution in [0.15, 0.2) is 66.7 Å². The molecule has 0 unspecified atom stereocenters. The predicted molar refractivity (Wildman–Crippen MR) is 234 cm³/mol. The highest BCUT2D eigenvalue weighted by Crippen LogP contribution is 2.77. The molecule has 3 aliphatic rings. The molecule has 0 radical (unpaired) electrons. The van der Waals surface area contributed by atoms with Gasteiger partial charge in [0.2, 0.25) is 8.32 Å². The number of epoxide rings is 1. The summed E-state index contributed by atoms with van der Waals surface area (Å²) >= 11 is 0. The average Bonchev–Trinajstić information content (AvgIpc) is 3.76. The summed E-state index contributed by atoms with van der Waals surface area (Å²) in [6.45, 7) is 35.3. The van der Waals surface area contributed by atoms with Gasteiger partial charge in [-0.2, -0.15) is 0 Å². The molecule has 1 aliphatic heterocycles. The van der Waals surface area contributed by atoms with Crippen molar-refractivity contribution in [2.24, 2.45) is 16.7 Å². The molecule has 3 aromatic rings. The maximum atomic E-state index is 13.4. The van der Waals surface area contributed by atoms with Gasteiger partial charge in [-0.05, 0) is 98.3 Å². The Bertz CT molecular complexity index is 1860. The van der Waals surface area contributed by atoms with Crippen LogP contribution < -0.4 is 13.9 Å². The van der Waals surface area contributed by atoms with E-state index in [1.165, 1.54) is 0 Å². The lowest BCUT2D eigenvalue weighted by Crippen LogP contribution is -2.63. The van der Waals surface area contributed by atoms with E-state index in [1.54, 1.807) is 0 Å². The van der Waals surface area contributed by atoms with Gasteiger partial charge in [0.05, 0.1) is 11.7 Å². The monoisotopic (exact) mass is 800 g/mol. The Morgan fingerprint density at radius 3 is 1.82 bits per heavy atom. The smallest absolute Gasteiger partial charge is 0.250 e. The fourth-order valence-electron chi connectivity index (χ4n) is 9.83. The third-order valence-corrected chi connectivity index (χ3v) is 24.2. The number of rotatable bonds is 12. The summed E-state index contributed by atoms with van der Waals surface area (Å²) in [6.07, 6.45) is 2.96. The van der Waals surface area contributed by atoms with E-state index in [9.17, 15) is 5.11 Å². The van der Waals surface area contributed by atoms with Gasteiger partial charge in [-0.1, -0.05) is 123 Å². The van der Waals surface area contributed by atoms with Gasteiger partial charge in [-0.3, -0.25) is 0 Å². The second kappa shape index (κ2) is 14.6. The average molecular weight is 801 g/mol. The van der Waals surface area contributed by atoms with Crippen LogP contribution in [-0.2, 0) is 22.4 Å². The quantitative estimate of drug-likeness (QED) is 0.145. The van der Waals surface area contributed by atoms with Gasteiger partial charge < -0.3 is 28.2 Å². The molecule has 308 valence electrons. The minimum Gasteiger partial charge on any atom is -0.543 e. The largest absolute Gasteiger partial charge is 0.543 e. The molecule has 56 heavy (non-hydrogen) atoms. The predicted octanol–water partition coefficient (Wildman–Crippen LogP) is 12.7. The molecule has 6 nitrogen and oxygen atoms in total. The van der Waals surface area contributed by atoms with Gasteiger partial charge >= 0.3 is 0 Å². The number of ether oxygens (including phenoxy) is 3. The lowest BCUT2D eigenvalue weighted by atomic mass is 9.44. The molecular weight excluding hydrogens is 729 g/mol. The normalized spacial score (nSPS) is 28.1. The second-order valence-electron chi connectivity index (χ2n) is 21.4. The minimum absolute atomic E-state index is 0.0754. The molecule has 1 heterocycles. The first-order valence-corrected chi connectivity index (χ1v) is 26.9. The molecule has 6 rings (SSSR count). The topological polar surface area (TPSA) is 69.7 Å². The van der Waals surface area contributed by atoms with Crippen LogP contribution in [0.3, 0.4) is 0 Å². The Labute approximate surface area is 341 Å². The molecular formula is C48H72O6Si2. The summed E-state index contributed by atoms with van der Waals surface area (Å²) in [5, 5.41) is 13.5. The fraction of sp³-hybridized carbons (Fsp3) is 0.625. The summed E-state index contributed by atoms with van der Waals surface area (Å²) in [4.78, 5) is 0. The van der Waals surface area contributed by atoms with Gasteiger partial charge in [0.1, 0.15) is 30.7 Å². The molecule has 2 saturated carbocycles. The number of benzene rings is 3. The van der Waals surface area contributed by atoms with E-state index < -0.39 is 33.9 Å². The first-order valence-electron chi connectivity index (χ1n) is 21.1. The standard InChI is InChI=1S/C48H72O6Si2/c1-33-40(42(49)48-46(10)28-27-39(53-56(14,15)44(5,6)7)45(8,9)38(46)26-29-47(48,11)54-48)36(52-55(12,13)43(2,3)4)30-37(50-31-34-22-18-16-19-23-34)41(33)51-32-35-24-20-17-21-25-35/h16-25,30,38-39,42,49H,26-29,31-32H2,1-15H3/t38-,39-,42+,46-,47+,48-/m0/s1. The zero-order valence-corrected chi connectivity index (χ0v) is 39.3. The molecule has 0 amide bonds. The molecule has 0 bridgehead atoms. The summed E-state index contributed by atoms with van der Waals surface area (Å²) in [5.74, 6) is 2.20. The van der Waals surface area contributed by atoms with Crippen molar-refractivity contribution in [3.05, 3.63) is 89.0 Å². The van der Waals surface area contributed by atoms with Crippen molar-refractivity contribution < 1.29 is 28.2 Å². The fourth-order valence-corrected chi connectivity index (χ4v) is 12.3. The zero-order valence-electron chi connectivity index (χ0n) is 37.3. The maximum absolute atomic E-state index is 13.4. The first kappa shape index (κ1) is 43.0. The Hall–Kier alpha value is -2.63. The number of fused-ring (bicyclic) bond motifs is 3. The Balaban J connectivity index is 1.48. The number of hydrogen-bond acceptors (Lipinski definition) is 6. The van der Waals surface area contributed by atoms with E-state index >= 15 is 0 Å². The van der Waals surface area contributed by atoms with Crippen molar-refractivity contribution in [2.75, 3.05) is 0 Å². The van der Waals surface area contributed by atoms with Crippen LogP contribution in [0.4, 0.5) is 0 Å². The molecule has 6 atom stereocenters. The first-order chi connectivity index (χ1) is 25.8. The van der Waals surface area contributed by atoms with Crippen molar-refractivity contribution in [3.63, 3.8) is 0 Å². The third-order valence-electron chi connectivity index (χ3n) is 15.3. The van der Waals surface area contributed by atoms with Gasteiger partial charge in [0.15, 0.2) is 19.8 Å². The lowest BCUT2D eigenvalue weighted by Gasteiger charge is -2.61. The third kappa shape index (κ3) is 7.33. The molecule has 2 aliphatic carbocycles. The highest BCUT2D eigenvalue weighted by Gasteiger charge is 2.83. The van der Waals surface area contributed by atoms with E-state index in [1.807, 2.05) is 42.5 Å². The molecule has 3 aromatic carbocycles. The summed E-state index contributed by atoms with van der Waals surface area (Å²) < 4.78 is 35.1. The van der Waals surface area contributed by atoms with Gasteiger partial charge in [0.25, 0.3) is 0 Å². The Morgan fingerprint density at radius 2 is 1.29 bits per heavy atom. The molecule has 0 aromatic heterocycles. The van der Waals surface area contributed by atoms with E-state index in [0.29, 0.717) is 30.5 Å². The van der Waals surface area contributed by atoms with Crippen LogP contribution >= 0.6 is 0 Å². The van der Waals surface area contributed by atoms with Crippen molar-refractivity contribution in [1.29, 1.82) is 0 Å². The number of aliphatic hydroxyl groups excluding tert-OH is 1. The van der Waals surface area contributed by atoms with Crippen molar-refractivity contribution in [2.45, 2.75) is 175 Å². The van der Waals surface area contributed by atoms with Crippen LogP contribution in [0.2, 0.25) is 36.3 Å². The maximum Gasteiger partial charge on any atom is 0.250 e. The van der Waals surface area contributed by atoms with Gasteiger partial charge in [0, 0.05) is 22.6 Å². The molecule has 1 N–H and O–H groups in total. The van der Waals surface area contributed by atoms with E-state index in [4.69, 9.17) is 23.1 Å². The zero-order chi connectivity index (χ0) is 41.3. The molecule has 8 heteroatoms. The van der Waals surface area contributed by atoms with Crippen molar-refractivity contribution in [1.82, 2.24) is 0 Å². The van der Waals surface area contributed by atoms with E-state index in [-0.39, 0.29) is 32.9 Å². The molecule has 3 fully saturated rings. The summed E-state index contributed by atoms with van der Waals surface area (Å²) in [5.41, 5.74) is 1.99. The minimum atomic E-state index is -2.41. The van der Waals surface area contributed by atoms with Crippen LogP contribution in [0.25, 0.3) is 0 Å². The Morgan fingerprint density at radius 1 is 0.750 bits per heavy atom. The SMILES string of the molecule is Cc1c(OCc2ccccc2)c(OCc2ccccc2)cc(O[Si](C)(C)C(C)(C)C)c1[C@@H](O)[C@@]12O[C@]1(C)CC[C@H]1C(C)(C)[C@@H](O[Si](C)(C)C(C)(C)C)CC[C@@]12C. The van der Waals surface area contributed by atoms with E-state index in [2.05, 4.69) is 127 Å². The second-order valence-corrected chi connectivity index (χ2v) is 30.8. The van der Waals surface area contributed by atoms with Gasteiger partial charge in [-0.25, -0.2) is 0 Å². The molecule has 0 spiro atoms.